The zero-order chi connectivity index (χ0) is 22.6. The minimum Gasteiger partial charge on any atom is -0.396 e. The molecule has 6 aliphatic rings. The molecule has 5 nitrogen and oxygen atoms in total. The van der Waals surface area contributed by atoms with E-state index in [2.05, 4.69) is 33.8 Å². The van der Waals surface area contributed by atoms with Crippen molar-refractivity contribution in [3.05, 3.63) is 23.4 Å². The zero-order valence-corrected chi connectivity index (χ0v) is 19.9. The molecule has 2 saturated carbocycles. The second kappa shape index (κ2) is 6.56. The van der Waals surface area contributed by atoms with Crippen LogP contribution in [0.2, 0.25) is 0 Å². The molecule has 4 aliphatic carbocycles. The van der Waals surface area contributed by atoms with Gasteiger partial charge in [-0.05, 0) is 55.3 Å². The van der Waals surface area contributed by atoms with E-state index in [0.29, 0.717) is 42.1 Å². The molecule has 2 saturated heterocycles. The highest BCUT2D eigenvalue weighted by molar-refractivity contribution is 5.96. The lowest BCUT2D eigenvalue weighted by atomic mass is 9.46. The van der Waals surface area contributed by atoms with E-state index < -0.39 is 11.2 Å². The maximum atomic E-state index is 14.0. The molecule has 4 fully saturated rings. The molecular weight excluding hydrogens is 402 g/mol. The molecule has 1 unspecified atom stereocenters. The predicted octanol–water partition coefficient (Wildman–Crippen LogP) is 4.16. The Labute approximate surface area is 191 Å². The molecule has 2 heterocycles. The number of carbonyl (C=O) groups is 2. The molecule has 0 aromatic carbocycles. The summed E-state index contributed by atoms with van der Waals surface area (Å²) in [5.74, 6) is 1.66. The van der Waals surface area contributed by atoms with E-state index in [4.69, 9.17) is 15.2 Å². The standard InChI is InChI=1S/C27H37NO4/c1-14-7-8-27(31-13-14)15(2)24-22(32-27)10-19-17-6-5-16-9-21(29)20(28)12-25(16,3)18(17)11-23(30)26(19,24)4/h10,12,14-18,22,24H,5-9,11,13,28H2,1-4H3/t14-,15-,16?,17+,18-,22-,24-,25-,26+,27+/m0/s1. The number of Topliss-reactive ketones (excluding diaryl/α,β-unsaturated/α-hetero) is 2. The van der Waals surface area contributed by atoms with Crippen molar-refractivity contribution in [1.29, 1.82) is 0 Å². The van der Waals surface area contributed by atoms with Crippen molar-refractivity contribution in [3.63, 3.8) is 0 Å². The number of rotatable bonds is 0. The highest BCUT2D eigenvalue weighted by Crippen LogP contribution is 2.67. The Bertz CT molecular complexity index is 943. The van der Waals surface area contributed by atoms with E-state index in [0.717, 1.165) is 32.3 Å². The maximum absolute atomic E-state index is 14.0. The molecule has 2 N–H and O–H groups in total. The first-order valence-corrected chi connectivity index (χ1v) is 12.7. The monoisotopic (exact) mass is 439 g/mol. The van der Waals surface area contributed by atoms with Crippen LogP contribution in [0.1, 0.15) is 66.2 Å². The minimum absolute atomic E-state index is 0.0415. The summed E-state index contributed by atoms with van der Waals surface area (Å²) in [5.41, 5.74) is 7.17. The summed E-state index contributed by atoms with van der Waals surface area (Å²) < 4.78 is 13.0. The predicted molar refractivity (Wildman–Crippen MR) is 120 cm³/mol. The van der Waals surface area contributed by atoms with Gasteiger partial charge in [-0.1, -0.05) is 38.5 Å². The van der Waals surface area contributed by atoms with Crippen LogP contribution in [0.5, 0.6) is 0 Å². The maximum Gasteiger partial charge on any atom is 0.178 e. The van der Waals surface area contributed by atoms with Gasteiger partial charge in [-0.15, -0.1) is 0 Å². The summed E-state index contributed by atoms with van der Waals surface area (Å²) in [6.45, 7) is 9.65. The molecule has 0 bridgehead atoms. The van der Waals surface area contributed by atoms with Crippen LogP contribution >= 0.6 is 0 Å². The van der Waals surface area contributed by atoms with E-state index in [1.54, 1.807) is 0 Å². The highest BCUT2D eigenvalue weighted by Gasteiger charge is 2.68. The van der Waals surface area contributed by atoms with Gasteiger partial charge in [-0.3, -0.25) is 9.59 Å². The summed E-state index contributed by atoms with van der Waals surface area (Å²) in [4.78, 5) is 26.3. The van der Waals surface area contributed by atoms with Crippen LogP contribution in [0.15, 0.2) is 23.4 Å². The van der Waals surface area contributed by atoms with Gasteiger partial charge in [-0.25, -0.2) is 0 Å². The molecule has 6 rings (SSSR count). The van der Waals surface area contributed by atoms with Crippen molar-refractivity contribution in [3.8, 4) is 0 Å². The molecule has 32 heavy (non-hydrogen) atoms. The van der Waals surface area contributed by atoms with Crippen LogP contribution in [0.4, 0.5) is 0 Å². The molecule has 0 aromatic rings. The molecule has 10 atom stereocenters. The van der Waals surface area contributed by atoms with E-state index in [9.17, 15) is 9.59 Å². The van der Waals surface area contributed by atoms with Crippen LogP contribution < -0.4 is 5.73 Å². The topological polar surface area (TPSA) is 78.6 Å². The fourth-order valence-electron chi connectivity index (χ4n) is 8.75. The van der Waals surface area contributed by atoms with Crippen LogP contribution in [-0.2, 0) is 19.1 Å². The van der Waals surface area contributed by atoms with Crippen molar-refractivity contribution in [2.24, 2.45) is 52.1 Å². The number of hydrogen-bond acceptors (Lipinski definition) is 5. The fourth-order valence-corrected chi connectivity index (χ4v) is 8.75. The van der Waals surface area contributed by atoms with Crippen LogP contribution in [-0.4, -0.2) is 30.1 Å². The fraction of sp³-hybridized carbons (Fsp3) is 0.778. The van der Waals surface area contributed by atoms with Gasteiger partial charge in [0.1, 0.15) is 5.78 Å². The van der Waals surface area contributed by atoms with Gasteiger partial charge in [0, 0.05) is 31.1 Å². The molecule has 0 amide bonds. The van der Waals surface area contributed by atoms with Gasteiger partial charge in [0.05, 0.1) is 23.8 Å². The van der Waals surface area contributed by atoms with Gasteiger partial charge in [0.2, 0.25) is 0 Å². The van der Waals surface area contributed by atoms with Crippen molar-refractivity contribution < 1.29 is 19.1 Å². The van der Waals surface area contributed by atoms with Crippen LogP contribution in [0.3, 0.4) is 0 Å². The minimum atomic E-state index is -0.533. The van der Waals surface area contributed by atoms with Gasteiger partial charge in [0.25, 0.3) is 0 Å². The molecule has 0 aromatic heterocycles. The number of allylic oxidation sites excluding steroid dienone is 3. The zero-order valence-electron chi connectivity index (χ0n) is 19.9. The number of hydrogen-bond donors (Lipinski definition) is 1. The molecule has 0 radical (unpaired) electrons. The number of ether oxygens (including phenoxy) is 2. The average molecular weight is 440 g/mol. The molecule has 174 valence electrons. The Morgan fingerprint density at radius 3 is 2.59 bits per heavy atom. The molecule has 1 spiro atoms. The number of carbonyl (C=O) groups excluding carboxylic acids is 2. The third-order valence-corrected chi connectivity index (χ3v) is 10.7. The lowest BCUT2D eigenvalue weighted by Gasteiger charge is -2.57. The first kappa shape index (κ1) is 21.1. The summed E-state index contributed by atoms with van der Waals surface area (Å²) in [6.07, 6.45) is 9.48. The first-order chi connectivity index (χ1) is 15.1. The van der Waals surface area contributed by atoms with Gasteiger partial charge in [0.15, 0.2) is 11.6 Å². The lowest BCUT2D eigenvalue weighted by Crippen LogP contribution is -2.55. The lowest BCUT2D eigenvalue weighted by molar-refractivity contribution is -0.265. The Kier molecular flexibility index (Phi) is 4.33. The number of ketones is 2. The van der Waals surface area contributed by atoms with Gasteiger partial charge in [-0.2, -0.15) is 0 Å². The van der Waals surface area contributed by atoms with E-state index >= 15 is 0 Å². The number of nitrogens with two attached hydrogens (primary N) is 1. The van der Waals surface area contributed by atoms with Gasteiger partial charge < -0.3 is 15.2 Å². The molecule has 2 aliphatic heterocycles. The van der Waals surface area contributed by atoms with Gasteiger partial charge >= 0.3 is 0 Å². The average Bonchev–Trinajstić information content (AvgIpc) is 3.19. The quantitative estimate of drug-likeness (QED) is 0.573. The normalized spacial score (nSPS) is 54.4. The van der Waals surface area contributed by atoms with Crippen LogP contribution in [0, 0.1) is 46.3 Å². The SMILES string of the molecule is C[C@H]1CC[C@@]2(OC1)O[C@H]1C=C3[C@@H]4CCC5CC(=O)C(N)=C[C@]5(C)[C@H]4CC(=O)[C@]3(C)[C@H]1[C@@H]2C. The largest absolute Gasteiger partial charge is 0.396 e. The van der Waals surface area contributed by atoms with Crippen molar-refractivity contribution in [2.45, 2.75) is 78.1 Å². The Balaban J connectivity index is 1.37. The van der Waals surface area contributed by atoms with Crippen LogP contribution in [0.25, 0.3) is 0 Å². The summed E-state index contributed by atoms with van der Waals surface area (Å²) in [6, 6.07) is 0. The van der Waals surface area contributed by atoms with E-state index in [1.165, 1.54) is 5.57 Å². The Hall–Kier alpha value is -1.46. The first-order valence-electron chi connectivity index (χ1n) is 12.7. The smallest absolute Gasteiger partial charge is 0.178 e. The summed E-state index contributed by atoms with van der Waals surface area (Å²) in [5, 5.41) is 0. The third-order valence-electron chi connectivity index (χ3n) is 10.7. The highest BCUT2D eigenvalue weighted by atomic mass is 16.7. The van der Waals surface area contributed by atoms with Crippen molar-refractivity contribution in [2.75, 3.05) is 6.61 Å². The Morgan fingerprint density at radius 1 is 1.09 bits per heavy atom. The Morgan fingerprint density at radius 2 is 1.88 bits per heavy atom. The third kappa shape index (κ3) is 2.47. The molecule has 5 heteroatoms. The summed E-state index contributed by atoms with van der Waals surface area (Å²) >= 11 is 0. The van der Waals surface area contributed by atoms with Crippen molar-refractivity contribution >= 4 is 11.6 Å². The molecular formula is C27H37NO4. The second-order valence-corrected chi connectivity index (χ2v) is 12.2. The van der Waals surface area contributed by atoms with Crippen molar-refractivity contribution in [1.82, 2.24) is 0 Å². The van der Waals surface area contributed by atoms with E-state index in [-0.39, 0.29) is 35.1 Å². The summed E-state index contributed by atoms with van der Waals surface area (Å²) in [7, 11) is 0. The second-order valence-electron chi connectivity index (χ2n) is 12.2. The van der Waals surface area contributed by atoms with E-state index in [1.807, 2.05) is 6.08 Å². The number of fused-ring (bicyclic) bond motifs is 7.